The van der Waals surface area contributed by atoms with Gasteiger partial charge in [0, 0.05) is 18.5 Å². The molecular formula is C19H20N4O2. The summed E-state index contributed by atoms with van der Waals surface area (Å²) in [6.07, 6.45) is 6.50. The summed E-state index contributed by atoms with van der Waals surface area (Å²) in [6.45, 7) is 0.712. The van der Waals surface area contributed by atoms with Crippen molar-refractivity contribution in [2.45, 2.75) is 57.0 Å². The lowest BCUT2D eigenvalue weighted by Gasteiger charge is -2.16. The predicted octanol–water partition coefficient (Wildman–Crippen LogP) is 2.30. The minimum Gasteiger partial charge on any atom is -0.334 e. The number of aryl methyl sites for hydroxylation is 1. The fourth-order valence-electron chi connectivity index (χ4n) is 3.42. The van der Waals surface area contributed by atoms with Crippen LogP contribution in [0.4, 0.5) is 0 Å². The van der Waals surface area contributed by atoms with E-state index in [1.165, 1.54) is 0 Å². The van der Waals surface area contributed by atoms with Crippen molar-refractivity contribution in [3.8, 4) is 6.07 Å². The van der Waals surface area contributed by atoms with Crippen LogP contribution in [0.3, 0.4) is 0 Å². The molecule has 0 radical (unpaired) electrons. The number of aromatic nitrogens is 2. The molecule has 25 heavy (non-hydrogen) atoms. The molecule has 1 N–H and O–H groups in total. The largest absolute Gasteiger partial charge is 0.334 e. The van der Waals surface area contributed by atoms with Gasteiger partial charge in [-0.3, -0.25) is 14.2 Å². The van der Waals surface area contributed by atoms with Crippen molar-refractivity contribution >= 4 is 16.8 Å². The summed E-state index contributed by atoms with van der Waals surface area (Å²) in [5.74, 6) is 0.528. The molecule has 0 spiro atoms. The summed E-state index contributed by atoms with van der Waals surface area (Å²) in [7, 11) is 0. The topological polar surface area (TPSA) is 87.8 Å². The Labute approximate surface area is 145 Å². The summed E-state index contributed by atoms with van der Waals surface area (Å²) >= 11 is 0. The van der Waals surface area contributed by atoms with Crippen molar-refractivity contribution in [1.82, 2.24) is 14.9 Å². The van der Waals surface area contributed by atoms with Crippen LogP contribution in [0, 0.1) is 11.3 Å². The average Bonchev–Trinajstić information content (AvgIpc) is 3.36. The highest BCUT2D eigenvalue weighted by Gasteiger charge is 2.44. The number of fused-ring (bicyclic) bond motifs is 2. The van der Waals surface area contributed by atoms with Crippen molar-refractivity contribution in [3.05, 3.63) is 39.9 Å². The number of carbonyl (C=O) groups is 1. The first-order valence-electron chi connectivity index (χ1n) is 8.89. The third-order valence-corrected chi connectivity index (χ3v) is 5.15. The molecule has 6 nitrogen and oxygen atoms in total. The second-order valence-electron chi connectivity index (χ2n) is 7.03. The molecule has 1 amide bonds. The molecule has 0 saturated heterocycles. The molecule has 1 aromatic heterocycles. The molecule has 1 fully saturated rings. The van der Waals surface area contributed by atoms with E-state index < -0.39 is 5.54 Å². The van der Waals surface area contributed by atoms with Crippen molar-refractivity contribution in [1.29, 1.82) is 5.26 Å². The van der Waals surface area contributed by atoms with Gasteiger partial charge in [-0.25, -0.2) is 4.98 Å². The third kappa shape index (κ3) is 2.91. The minimum atomic E-state index is -0.703. The zero-order chi connectivity index (χ0) is 17.4. The van der Waals surface area contributed by atoms with Crippen LogP contribution in [-0.4, -0.2) is 21.0 Å². The first-order chi connectivity index (χ1) is 12.1. The summed E-state index contributed by atoms with van der Waals surface area (Å²) in [5.41, 5.74) is 0.276. The number of rotatable bonds is 2. The molecule has 6 heteroatoms. The van der Waals surface area contributed by atoms with E-state index >= 15 is 0 Å². The van der Waals surface area contributed by atoms with E-state index in [1.807, 2.05) is 0 Å². The number of amides is 1. The van der Waals surface area contributed by atoms with E-state index in [1.54, 1.807) is 22.8 Å². The normalized spacial score (nSPS) is 18.5. The first kappa shape index (κ1) is 15.8. The fraction of sp³-hybridized carbons (Fsp3) is 0.474. The van der Waals surface area contributed by atoms with Gasteiger partial charge >= 0.3 is 0 Å². The molecular weight excluding hydrogens is 316 g/mol. The van der Waals surface area contributed by atoms with E-state index in [4.69, 9.17) is 5.26 Å². The van der Waals surface area contributed by atoms with Crippen LogP contribution < -0.4 is 10.9 Å². The molecule has 1 aromatic carbocycles. The van der Waals surface area contributed by atoms with Crippen LogP contribution in [0.25, 0.3) is 10.9 Å². The molecule has 2 aromatic rings. The number of hydrogen-bond donors (Lipinski definition) is 1. The maximum atomic E-state index is 12.8. The molecule has 0 unspecified atom stereocenters. The number of hydrogen-bond acceptors (Lipinski definition) is 4. The Kier molecular flexibility index (Phi) is 3.79. The molecule has 4 rings (SSSR count). The first-order valence-corrected chi connectivity index (χ1v) is 8.89. The van der Waals surface area contributed by atoms with Crippen molar-refractivity contribution in [3.63, 3.8) is 0 Å². The zero-order valence-electron chi connectivity index (χ0n) is 14.0. The van der Waals surface area contributed by atoms with E-state index in [0.717, 1.165) is 37.9 Å². The summed E-state index contributed by atoms with van der Waals surface area (Å²) in [6, 6.07) is 7.14. The highest BCUT2D eigenvalue weighted by Crippen LogP contribution is 2.34. The van der Waals surface area contributed by atoms with Crippen molar-refractivity contribution in [2.75, 3.05) is 0 Å². The van der Waals surface area contributed by atoms with E-state index in [2.05, 4.69) is 16.4 Å². The standard InChI is InChI=1S/C19H20N4O2/c20-12-19(8-9-19)22-17(24)13-6-7-14-15(11-13)21-16-5-3-1-2-4-10-23(16)18(14)25/h6-7,11H,1-5,8-10H2,(H,22,24). The van der Waals surface area contributed by atoms with Crippen LogP contribution in [0.5, 0.6) is 0 Å². The lowest BCUT2D eigenvalue weighted by Crippen LogP contribution is -2.35. The number of nitrogens with one attached hydrogen (secondary N) is 1. The van der Waals surface area contributed by atoms with Gasteiger partial charge in [0.1, 0.15) is 11.4 Å². The van der Waals surface area contributed by atoms with Gasteiger partial charge in [0.25, 0.3) is 11.5 Å². The van der Waals surface area contributed by atoms with E-state index in [9.17, 15) is 9.59 Å². The number of carbonyl (C=O) groups excluding carboxylic acids is 1. The fourth-order valence-corrected chi connectivity index (χ4v) is 3.42. The molecule has 0 atom stereocenters. The molecule has 1 aliphatic heterocycles. The number of nitrogens with zero attached hydrogens (tertiary/aromatic N) is 3. The van der Waals surface area contributed by atoms with Gasteiger partial charge in [0.2, 0.25) is 0 Å². The second-order valence-corrected chi connectivity index (χ2v) is 7.03. The van der Waals surface area contributed by atoms with Gasteiger partial charge in [-0.15, -0.1) is 0 Å². The Bertz CT molecular complexity index is 950. The quantitative estimate of drug-likeness (QED) is 0.911. The molecule has 1 saturated carbocycles. The maximum Gasteiger partial charge on any atom is 0.261 e. The van der Waals surface area contributed by atoms with E-state index in [0.29, 0.717) is 35.9 Å². The monoisotopic (exact) mass is 336 g/mol. The Balaban J connectivity index is 1.73. The lowest BCUT2D eigenvalue weighted by molar-refractivity contribution is 0.0941. The molecule has 128 valence electrons. The lowest BCUT2D eigenvalue weighted by atomic mass is 10.1. The highest BCUT2D eigenvalue weighted by atomic mass is 16.2. The third-order valence-electron chi connectivity index (χ3n) is 5.15. The molecule has 2 aliphatic rings. The van der Waals surface area contributed by atoms with Crippen LogP contribution >= 0.6 is 0 Å². The smallest absolute Gasteiger partial charge is 0.261 e. The Morgan fingerprint density at radius 3 is 2.80 bits per heavy atom. The Morgan fingerprint density at radius 2 is 2.04 bits per heavy atom. The summed E-state index contributed by atoms with van der Waals surface area (Å²) < 4.78 is 1.79. The van der Waals surface area contributed by atoms with Gasteiger partial charge in [-0.05, 0) is 43.9 Å². The molecule has 1 aliphatic carbocycles. The summed E-state index contributed by atoms with van der Waals surface area (Å²) in [4.78, 5) is 29.9. The van der Waals surface area contributed by atoms with Crippen LogP contribution in [0.1, 0.15) is 54.7 Å². The van der Waals surface area contributed by atoms with Crippen molar-refractivity contribution in [2.24, 2.45) is 0 Å². The van der Waals surface area contributed by atoms with Gasteiger partial charge in [-0.1, -0.05) is 12.8 Å². The molecule has 0 bridgehead atoms. The SMILES string of the molecule is N#CC1(NC(=O)c2ccc3c(=O)n4c(nc3c2)CCCCCC4)CC1. The Hall–Kier alpha value is -2.68. The van der Waals surface area contributed by atoms with Gasteiger partial charge in [0.15, 0.2) is 0 Å². The molecule has 2 heterocycles. The zero-order valence-corrected chi connectivity index (χ0v) is 14.0. The van der Waals surface area contributed by atoms with Crippen LogP contribution in [-0.2, 0) is 13.0 Å². The van der Waals surface area contributed by atoms with Crippen LogP contribution in [0.15, 0.2) is 23.0 Å². The van der Waals surface area contributed by atoms with Crippen LogP contribution in [0.2, 0.25) is 0 Å². The van der Waals surface area contributed by atoms with Gasteiger partial charge < -0.3 is 5.32 Å². The number of nitriles is 1. The highest BCUT2D eigenvalue weighted by molar-refractivity contribution is 5.98. The predicted molar refractivity (Wildman–Crippen MR) is 93.2 cm³/mol. The van der Waals surface area contributed by atoms with Crippen molar-refractivity contribution < 1.29 is 4.79 Å². The summed E-state index contributed by atoms with van der Waals surface area (Å²) in [5, 5.41) is 12.4. The minimum absolute atomic E-state index is 0.0236. The Morgan fingerprint density at radius 1 is 1.24 bits per heavy atom. The maximum absolute atomic E-state index is 12.8. The second kappa shape index (κ2) is 5.99. The number of benzene rings is 1. The van der Waals surface area contributed by atoms with Gasteiger partial charge in [-0.2, -0.15) is 5.26 Å². The van der Waals surface area contributed by atoms with E-state index in [-0.39, 0.29) is 11.5 Å². The average molecular weight is 336 g/mol. The van der Waals surface area contributed by atoms with Gasteiger partial charge in [0.05, 0.1) is 17.0 Å².